The number of nitrogen functional groups attached to an aromatic ring is 2. The van der Waals surface area contributed by atoms with Crippen LogP contribution in [0.4, 0.5) is 11.4 Å². The Bertz CT molecular complexity index is 754. The zero-order chi connectivity index (χ0) is 21.3. The third kappa shape index (κ3) is 6.51. The molecular weight excluding hydrogens is 376 g/mol. The minimum Gasteiger partial charge on any atom is -0.399 e. The quantitative estimate of drug-likeness (QED) is 0.503. The van der Waals surface area contributed by atoms with Gasteiger partial charge in [0.05, 0.1) is 0 Å². The minimum atomic E-state index is 0.00949. The van der Waals surface area contributed by atoms with Crippen LogP contribution in [0.15, 0.2) is 48.5 Å². The molecule has 0 radical (unpaired) electrons. The molecular formula is C24H32N4O2. The van der Waals surface area contributed by atoms with Gasteiger partial charge in [-0.1, -0.05) is 24.3 Å². The zero-order valence-electron chi connectivity index (χ0n) is 17.4. The normalized spacial score (nSPS) is 18.5. The molecule has 0 aliphatic heterocycles. The molecule has 0 aromatic heterocycles. The highest BCUT2D eigenvalue weighted by Gasteiger charge is 2.29. The van der Waals surface area contributed by atoms with Gasteiger partial charge in [-0.25, -0.2) is 0 Å². The average molecular weight is 409 g/mol. The van der Waals surface area contributed by atoms with E-state index in [4.69, 9.17) is 11.5 Å². The molecule has 6 nitrogen and oxygen atoms in total. The summed E-state index contributed by atoms with van der Waals surface area (Å²) in [5.41, 5.74) is 15.2. The van der Waals surface area contributed by atoms with Crippen molar-refractivity contribution in [3.05, 3.63) is 59.7 Å². The van der Waals surface area contributed by atoms with E-state index < -0.39 is 0 Å². The monoisotopic (exact) mass is 408 g/mol. The predicted octanol–water partition coefficient (Wildman–Crippen LogP) is 2.68. The van der Waals surface area contributed by atoms with Crippen molar-refractivity contribution in [2.75, 3.05) is 24.6 Å². The third-order valence-electron chi connectivity index (χ3n) is 5.85. The molecule has 1 aliphatic rings. The van der Waals surface area contributed by atoms with Crippen LogP contribution in [-0.4, -0.2) is 24.9 Å². The van der Waals surface area contributed by atoms with Crippen LogP contribution in [0.3, 0.4) is 0 Å². The summed E-state index contributed by atoms with van der Waals surface area (Å²) in [5.74, 6) is 0.228. The second kappa shape index (κ2) is 10.7. The topological polar surface area (TPSA) is 110 Å². The first kappa shape index (κ1) is 21.7. The van der Waals surface area contributed by atoms with Gasteiger partial charge >= 0.3 is 0 Å². The maximum atomic E-state index is 12.4. The lowest BCUT2D eigenvalue weighted by Gasteiger charge is -2.27. The van der Waals surface area contributed by atoms with E-state index in [2.05, 4.69) is 10.6 Å². The van der Waals surface area contributed by atoms with Gasteiger partial charge in [0.1, 0.15) is 0 Å². The van der Waals surface area contributed by atoms with Crippen LogP contribution in [0, 0.1) is 11.8 Å². The van der Waals surface area contributed by atoms with Gasteiger partial charge in [0.15, 0.2) is 0 Å². The van der Waals surface area contributed by atoms with Crippen molar-refractivity contribution in [2.24, 2.45) is 11.8 Å². The van der Waals surface area contributed by atoms with Crippen molar-refractivity contribution in [3.63, 3.8) is 0 Å². The van der Waals surface area contributed by atoms with Crippen molar-refractivity contribution in [2.45, 2.75) is 38.5 Å². The van der Waals surface area contributed by atoms with Gasteiger partial charge in [0, 0.05) is 36.3 Å². The average Bonchev–Trinajstić information content (AvgIpc) is 2.76. The Morgan fingerprint density at radius 3 is 1.33 bits per heavy atom. The van der Waals surface area contributed by atoms with Crippen LogP contribution < -0.4 is 22.1 Å². The highest BCUT2D eigenvalue weighted by molar-refractivity contribution is 5.81. The van der Waals surface area contributed by atoms with Crippen LogP contribution in [0.5, 0.6) is 0 Å². The molecule has 0 bridgehead atoms. The summed E-state index contributed by atoms with van der Waals surface area (Å²) in [6.07, 6.45) is 4.65. The van der Waals surface area contributed by atoms with E-state index in [9.17, 15) is 9.59 Å². The summed E-state index contributed by atoms with van der Waals surface area (Å²) in [7, 11) is 0. The van der Waals surface area contributed by atoms with Gasteiger partial charge in [-0.05, 0) is 73.9 Å². The lowest BCUT2D eigenvalue weighted by atomic mass is 9.81. The number of carbonyl (C=O) groups excluding carboxylic acids is 2. The molecule has 0 spiro atoms. The van der Waals surface area contributed by atoms with E-state index in [1.807, 2.05) is 48.5 Å². The van der Waals surface area contributed by atoms with Crippen molar-refractivity contribution in [1.82, 2.24) is 10.6 Å². The summed E-state index contributed by atoms with van der Waals surface area (Å²) in [5, 5.41) is 6.07. The molecule has 6 heteroatoms. The second-order valence-corrected chi connectivity index (χ2v) is 8.11. The van der Waals surface area contributed by atoms with E-state index in [0.717, 1.165) is 61.0 Å². The largest absolute Gasteiger partial charge is 0.399 e. The molecule has 1 fully saturated rings. The minimum absolute atomic E-state index is 0.00949. The van der Waals surface area contributed by atoms with Crippen LogP contribution in [0.25, 0.3) is 0 Å². The molecule has 1 aliphatic carbocycles. The standard InChI is InChI=1S/C24H32N4O2/c25-21-9-1-17(2-10-21)13-15-27-23(29)19-5-7-20(8-6-19)24(30)28-16-14-18-3-11-22(26)12-4-18/h1-4,9-12,19-20H,5-8,13-16,25-26H2,(H,27,29)(H,28,30). The number of amides is 2. The number of rotatable bonds is 8. The molecule has 160 valence electrons. The fourth-order valence-corrected chi connectivity index (χ4v) is 3.94. The highest BCUT2D eigenvalue weighted by Crippen LogP contribution is 2.29. The Balaban J connectivity index is 1.32. The maximum Gasteiger partial charge on any atom is 0.223 e. The summed E-state index contributed by atoms with van der Waals surface area (Å²) in [6.45, 7) is 1.24. The lowest BCUT2D eigenvalue weighted by Crippen LogP contribution is -2.38. The Morgan fingerprint density at radius 2 is 1.00 bits per heavy atom. The molecule has 0 saturated heterocycles. The van der Waals surface area contributed by atoms with E-state index >= 15 is 0 Å². The Morgan fingerprint density at radius 1 is 0.667 bits per heavy atom. The number of benzene rings is 2. The molecule has 3 rings (SSSR count). The zero-order valence-corrected chi connectivity index (χ0v) is 17.4. The summed E-state index contributed by atoms with van der Waals surface area (Å²) in [4.78, 5) is 24.9. The lowest BCUT2D eigenvalue weighted by molar-refractivity contribution is -0.130. The SMILES string of the molecule is Nc1ccc(CCNC(=O)C2CCC(C(=O)NCCc3ccc(N)cc3)CC2)cc1. The Kier molecular flexibility index (Phi) is 7.71. The number of nitrogens with two attached hydrogens (primary N) is 2. The highest BCUT2D eigenvalue weighted by atomic mass is 16.2. The van der Waals surface area contributed by atoms with Crippen LogP contribution in [0.1, 0.15) is 36.8 Å². The van der Waals surface area contributed by atoms with E-state index in [1.165, 1.54) is 0 Å². The summed E-state index contributed by atoms with van der Waals surface area (Å²) in [6, 6.07) is 15.4. The van der Waals surface area contributed by atoms with Crippen LogP contribution in [-0.2, 0) is 22.4 Å². The summed E-state index contributed by atoms with van der Waals surface area (Å²) < 4.78 is 0. The first-order valence-corrected chi connectivity index (χ1v) is 10.8. The number of hydrogen-bond donors (Lipinski definition) is 4. The smallest absolute Gasteiger partial charge is 0.223 e. The fourth-order valence-electron chi connectivity index (χ4n) is 3.94. The van der Waals surface area contributed by atoms with Gasteiger partial charge in [-0.3, -0.25) is 9.59 Å². The molecule has 30 heavy (non-hydrogen) atoms. The molecule has 2 amide bonds. The van der Waals surface area contributed by atoms with E-state index in [1.54, 1.807) is 0 Å². The van der Waals surface area contributed by atoms with Gasteiger partial charge < -0.3 is 22.1 Å². The first-order valence-electron chi connectivity index (χ1n) is 10.8. The fraction of sp³-hybridized carbons (Fsp3) is 0.417. The van der Waals surface area contributed by atoms with Gasteiger partial charge in [0.25, 0.3) is 0 Å². The molecule has 2 aromatic carbocycles. The molecule has 1 saturated carbocycles. The molecule has 0 heterocycles. The number of anilines is 2. The molecule has 2 aromatic rings. The number of hydrogen-bond acceptors (Lipinski definition) is 4. The second-order valence-electron chi connectivity index (χ2n) is 8.11. The van der Waals surface area contributed by atoms with Crippen molar-refractivity contribution in [1.29, 1.82) is 0 Å². The van der Waals surface area contributed by atoms with Crippen molar-refractivity contribution < 1.29 is 9.59 Å². The molecule has 0 atom stereocenters. The predicted molar refractivity (Wildman–Crippen MR) is 121 cm³/mol. The Hall–Kier alpha value is -3.02. The molecule has 6 N–H and O–H groups in total. The van der Waals surface area contributed by atoms with Crippen LogP contribution in [0.2, 0.25) is 0 Å². The van der Waals surface area contributed by atoms with Gasteiger partial charge in [-0.2, -0.15) is 0 Å². The van der Waals surface area contributed by atoms with Crippen LogP contribution >= 0.6 is 0 Å². The third-order valence-corrected chi connectivity index (χ3v) is 5.85. The van der Waals surface area contributed by atoms with Crippen molar-refractivity contribution in [3.8, 4) is 0 Å². The van der Waals surface area contributed by atoms with Crippen molar-refractivity contribution >= 4 is 23.2 Å². The number of carbonyl (C=O) groups is 2. The van der Waals surface area contributed by atoms with Gasteiger partial charge in [-0.15, -0.1) is 0 Å². The Labute approximate surface area is 178 Å². The maximum absolute atomic E-state index is 12.4. The molecule has 0 unspecified atom stereocenters. The number of nitrogens with one attached hydrogen (secondary N) is 2. The first-order chi connectivity index (χ1) is 14.5. The van der Waals surface area contributed by atoms with Gasteiger partial charge in [0.2, 0.25) is 11.8 Å². The van der Waals surface area contributed by atoms with E-state index in [0.29, 0.717) is 13.1 Å². The summed E-state index contributed by atoms with van der Waals surface area (Å²) >= 11 is 0. The van der Waals surface area contributed by atoms with E-state index in [-0.39, 0.29) is 23.7 Å².